The Morgan fingerprint density at radius 1 is 1.27 bits per heavy atom. The van der Waals surface area contributed by atoms with Crippen LogP contribution in [0.1, 0.15) is 33.0 Å². The average molecular weight is 300 g/mol. The van der Waals surface area contributed by atoms with Crippen LogP contribution in [0.4, 0.5) is 0 Å². The molecule has 3 rings (SSSR count). The number of amides is 1. The minimum atomic E-state index is -1.11. The largest absolute Gasteiger partial charge is 0.476 e. The molecule has 0 fully saturated rings. The van der Waals surface area contributed by atoms with Gasteiger partial charge in [-0.25, -0.2) is 4.79 Å². The van der Waals surface area contributed by atoms with Crippen LogP contribution >= 0.6 is 0 Å². The smallest absolute Gasteiger partial charge is 0.356 e. The molecule has 0 saturated carbocycles. The molecule has 0 aliphatic carbocycles. The molecule has 1 aliphatic rings. The van der Waals surface area contributed by atoms with Gasteiger partial charge >= 0.3 is 5.97 Å². The summed E-state index contributed by atoms with van der Waals surface area (Å²) in [6.45, 7) is 1.80. The van der Waals surface area contributed by atoms with Crippen LogP contribution < -0.4 is 0 Å². The normalized spacial score (nSPS) is 14.5. The fraction of sp³-hybridized carbons (Fsp3) is 0.333. The molecule has 2 aromatic heterocycles. The van der Waals surface area contributed by atoms with E-state index >= 15 is 0 Å². The highest BCUT2D eigenvalue weighted by Gasteiger charge is 2.25. The highest BCUT2D eigenvalue weighted by Crippen LogP contribution is 2.14. The molecule has 1 N–H and O–H groups in total. The lowest BCUT2D eigenvalue weighted by Gasteiger charge is -2.19. The molecule has 22 heavy (non-hydrogen) atoms. The van der Waals surface area contributed by atoms with Crippen molar-refractivity contribution in [2.75, 3.05) is 13.1 Å². The topological polar surface area (TPSA) is 88.3 Å². The third-order valence-electron chi connectivity index (χ3n) is 3.72. The van der Waals surface area contributed by atoms with Crippen molar-refractivity contribution in [2.24, 2.45) is 0 Å². The van der Waals surface area contributed by atoms with Crippen LogP contribution in [0.3, 0.4) is 0 Å². The molecule has 0 atom stereocenters. The lowest BCUT2D eigenvalue weighted by atomic mass is 10.2. The summed E-state index contributed by atoms with van der Waals surface area (Å²) in [4.78, 5) is 29.3. The lowest BCUT2D eigenvalue weighted by Crippen LogP contribution is -2.33. The maximum absolute atomic E-state index is 12.6. The van der Waals surface area contributed by atoms with Crippen LogP contribution in [-0.4, -0.2) is 49.7 Å². The summed E-state index contributed by atoms with van der Waals surface area (Å²) in [6, 6.07) is 5.21. The second kappa shape index (κ2) is 5.97. The van der Waals surface area contributed by atoms with Gasteiger partial charge in [0.2, 0.25) is 0 Å². The molecular formula is C15H16N4O3. The zero-order valence-electron chi connectivity index (χ0n) is 12.0. The molecule has 3 heterocycles. The van der Waals surface area contributed by atoms with E-state index in [0.29, 0.717) is 25.3 Å². The van der Waals surface area contributed by atoms with Crippen molar-refractivity contribution in [1.82, 2.24) is 19.7 Å². The van der Waals surface area contributed by atoms with Crippen molar-refractivity contribution < 1.29 is 14.7 Å². The average Bonchev–Trinajstić information content (AvgIpc) is 2.89. The zero-order chi connectivity index (χ0) is 15.5. The quantitative estimate of drug-likeness (QED) is 0.912. The maximum atomic E-state index is 12.6. The molecule has 0 bridgehead atoms. The molecule has 0 spiro atoms. The Morgan fingerprint density at radius 2 is 2.05 bits per heavy atom. The lowest BCUT2D eigenvalue weighted by molar-refractivity contribution is 0.0689. The van der Waals surface area contributed by atoms with Gasteiger partial charge in [0.05, 0.1) is 0 Å². The van der Waals surface area contributed by atoms with Crippen LogP contribution in [-0.2, 0) is 13.0 Å². The molecule has 2 aromatic rings. The summed E-state index contributed by atoms with van der Waals surface area (Å²) < 4.78 is 1.50. The number of pyridine rings is 1. The number of rotatable bonds is 4. The van der Waals surface area contributed by atoms with Crippen molar-refractivity contribution in [3.63, 3.8) is 0 Å². The van der Waals surface area contributed by atoms with Gasteiger partial charge in [-0.1, -0.05) is 0 Å². The van der Waals surface area contributed by atoms with E-state index in [-0.39, 0.29) is 11.6 Å². The molecule has 0 aromatic carbocycles. The monoisotopic (exact) mass is 300 g/mol. The molecule has 0 unspecified atom stereocenters. The number of carboxylic acids is 1. The van der Waals surface area contributed by atoms with Crippen LogP contribution in [0.15, 0.2) is 30.6 Å². The zero-order valence-corrected chi connectivity index (χ0v) is 12.0. The molecular weight excluding hydrogens is 284 g/mol. The predicted octanol–water partition coefficient (Wildman–Crippen LogP) is 1.06. The Labute approximate surface area is 127 Å². The van der Waals surface area contributed by atoms with Crippen LogP contribution in [0.25, 0.3) is 0 Å². The van der Waals surface area contributed by atoms with E-state index in [9.17, 15) is 9.59 Å². The van der Waals surface area contributed by atoms with Crippen molar-refractivity contribution in [3.05, 3.63) is 47.5 Å². The number of carboxylic acid groups (broad SMARTS) is 1. The molecule has 1 amide bonds. The number of fused-ring (bicyclic) bond motifs is 1. The van der Waals surface area contributed by atoms with Gasteiger partial charge in [0.15, 0.2) is 5.69 Å². The van der Waals surface area contributed by atoms with Gasteiger partial charge in [0.25, 0.3) is 5.91 Å². The Morgan fingerprint density at radius 3 is 2.77 bits per heavy atom. The number of aromatic carboxylic acids is 1. The van der Waals surface area contributed by atoms with Crippen LogP contribution in [0.5, 0.6) is 0 Å². The summed E-state index contributed by atoms with van der Waals surface area (Å²) in [7, 11) is 0. The van der Waals surface area contributed by atoms with Crippen LogP contribution in [0.2, 0.25) is 0 Å². The van der Waals surface area contributed by atoms with Crippen molar-refractivity contribution in [1.29, 1.82) is 0 Å². The van der Waals surface area contributed by atoms with E-state index in [0.717, 1.165) is 18.4 Å². The minimum absolute atomic E-state index is 0.0840. The Balaban J connectivity index is 1.75. The first-order chi connectivity index (χ1) is 10.6. The summed E-state index contributed by atoms with van der Waals surface area (Å²) in [5.41, 5.74) is 1.38. The van der Waals surface area contributed by atoms with Gasteiger partial charge in [-0.2, -0.15) is 5.10 Å². The molecule has 114 valence electrons. The fourth-order valence-electron chi connectivity index (χ4n) is 2.57. The molecule has 7 nitrogen and oxygen atoms in total. The maximum Gasteiger partial charge on any atom is 0.356 e. The van der Waals surface area contributed by atoms with E-state index in [1.165, 1.54) is 10.7 Å². The first kappa shape index (κ1) is 14.2. The second-order valence-electron chi connectivity index (χ2n) is 5.19. The summed E-state index contributed by atoms with van der Waals surface area (Å²) in [5, 5.41) is 13.0. The number of aromatic nitrogens is 3. The van der Waals surface area contributed by atoms with Crippen molar-refractivity contribution >= 4 is 11.9 Å². The first-order valence-corrected chi connectivity index (χ1v) is 7.14. The number of carbonyl (C=O) groups is 2. The number of hydrogen-bond acceptors (Lipinski definition) is 4. The molecule has 0 saturated heterocycles. The minimum Gasteiger partial charge on any atom is -0.476 e. The third kappa shape index (κ3) is 2.83. The van der Waals surface area contributed by atoms with E-state index in [1.54, 1.807) is 17.3 Å². The van der Waals surface area contributed by atoms with E-state index in [4.69, 9.17) is 5.11 Å². The number of aryl methyl sites for hydroxylation is 1. The van der Waals surface area contributed by atoms with Gasteiger partial charge in [-0.3, -0.25) is 14.5 Å². The summed E-state index contributed by atoms with van der Waals surface area (Å²) >= 11 is 0. The molecule has 7 heteroatoms. The van der Waals surface area contributed by atoms with E-state index in [1.807, 2.05) is 12.1 Å². The predicted molar refractivity (Wildman–Crippen MR) is 77.6 cm³/mol. The van der Waals surface area contributed by atoms with Gasteiger partial charge < -0.3 is 10.0 Å². The summed E-state index contributed by atoms with van der Waals surface area (Å²) in [5.74, 6) is -1.27. The number of nitrogens with zero attached hydrogens (tertiary/aromatic N) is 4. The Hall–Kier alpha value is -2.70. The van der Waals surface area contributed by atoms with Gasteiger partial charge in [0.1, 0.15) is 5.69 Å². The van der Waals surface area contributed by atoms with Gasteiger partial charge in [0, 0.05) is 38.1 Å². The van der Waals surface area contributed by atoms with E-state index < -0.39 is 5.97 Å². The molecule has 1 aliphatic heterocycles. The van der Waals surface area contributed by atoms with Gasteiger partial charge in [-0.05, 0) is 30.5 Å². The summed E-state index contributed by atoms with van der Waals surface area (Å²) in [6.07, 6.45) is 4.96. The Bertz CT molecular complexity index is 696. The number of carbonyl (C=O) groups excluding carboxylic acids is 1. The highest BCUT2D eigenvalue weighted by atomic mass is 16.4. The second-order valence-corrected chi connectivity index (χ2v) is 5.19. The Kier molecular flexibility index (Phi) is 3.86. The molecule has 0 radical (unpaired) electrons. The SMILES string of the molecule is O=C(O)c1cc2n(n1)CCCN(CCc1ccncc1)C2=O. The third-order valence-corrected chi connectivity index (χ3v) is 3.72. The van der Waals surface area contributed by atoms with Crippen molar-refractivity contribution in [3.8, 4) is 0 Å². The van der Waals surface area contributed by atoms with Crippen molar-refractivity contribution in [2.45, 2.75) is 19.4 Å². The highest BCUT2D eigenvalue weighted by molar-refractivity contribution is 5.95. The van der Waals surface area contributed by atoms with Gasteiger partial charge in [-0.15, -0.1) is 0 Å². The standard InChI is InChI=1S/C15H16N4O3/c20-14-13-10-12(15(21)22)17-19(13)8-1-7-18(14)9-4-11-2-5-16-6-3-11/h2-3,5-6,10H,1,4,7-9H2,(H,21,22). The van der Waals surface area contributed by atoms with E-state index in [2.05, 4.69) is 10.1 Å². The fourth-order valence-corrected chi connectivity index (χ4v) is 2.57. The first-order valence-electron chi connectivity index (χ1n) is 7.14. The number of hydrogen-bond donors (Lipinski definition) is 1. The van der Waals surface area contributed by atoms with Crippen LogP contribution in [0, 0.1) is 0 Å².